The van der Waals surface area contributed by atoms with Gasteiger partial charge in [-0.15, -0.1) is 0 Å². The Morgan fingerprint density at radius 2 is 2.07 bits per heavy atom. The van der Waals surface area contributed by atoms with Crippen LogP contribution in [0.3, 0.4) is 0 Å². The number of hydrogen-bond acceptors (Lipinski definition) is 1. The van der Waals surface area contributed by atoms with E-state index in [0.717, 1.165) is 18.4 Å². The predicted octanol–water partition coefficient (Wildman–Crippen LogP) is 3.87. The largest absolute Gasteiger partial charge is 0.396 e. The van der Waals surface area contributed by atoms with Crippen LogP contribution in [0.1, 0.15) is 31.2 Å². The van der Waals surface area contributed by atoms with Crippen LogP contribution in [0.4, 0.5) is 0 Å². The van der Waals surface area contributed by atoms with E-state index in [1.165, 1.54) is 0 Å². The summed E-state index contributed by atoms with van der Waals surface area (Å²) in [5.74, 6) is 0.129. The molecule has 0 aliphatic rings. The van der Waals surface area contributed by atoms with Crippen molar-refractivity contribution in [2.24, 2.45) is 0 Å². The van der Waals surface area contributed by atoms with Crippen molar-refractivity contribution in [3.8, 4) is 0 Å². The maximum absolute atomic E-state index is 9.21. The highest BCUT2D eigenvalue weighted by Gasteiger charge is 2.12. The molecule has 0 saturated heterocycles. The average molecular weight is 233 g/mol. The van der Waals surface area contributed by atoms with Crippen LogP contribution in [0.5, 0.6) is 0 Å². The van der Waals surface area contributed by atoms with Gasteiger partial charge in [-0.1, -0.05) is 42.6 Å². The van der Waals surface area contributed by atoms with Crippen molar-refractivity contribution in [1.82, 2.24) is 0 Å². The first kappa shape index (κ1) is 11.8. The summed E-state index contributed by atoms with van der Waals surface area (Å²) in [6.45, 7) is 2.22. The molecule has 14 heavy (non-hydrogen) atoms. The Balaban J connectivity index is 2.92. The van der Waals surface area contributed by atoms with E-state index >= 15 is 0 Å². The number of halogens is 2. The second kappa shape index (κ2) is 5.59. The van der Waals surface area contributed by atoms with E-state index in [9.17, 15) is 5.11 Å². The fraction of sp³-hybridized carbons (Fsp3) is 0.455. The smallest absolute Gasteiger partial charge is 0.0500 e. The maximum Gasteiger partial charge on any atom is 0.0500 e. The number of hydrogen-bond donors (Lipinski definition) is 1. The Morgan fingerprint density at radius 1 is 1.36 bits per heavy atom. The van der Waals surface area contributed by atoms with Crippen LogP contribution >= 0.6 is 23.2 Å². The molecular weight excluding hydrogens is 219 g/mol. The average Bonchev–Trinajstić information content (AvgIpc) is 2.15. The van der Waals surface area contributed by atoms with Crippen molar-refractivity contribution >= 4 is 23.2 Å². The van der Waals surface area contributed by atoms with Gasteiger partial charge in [-0.05, 0) is 24.1 Å². The van der Waals surface area contributed by atoms with Crippen molar-refractivity contribution in [3.05, 3.63) is 33.8 Å². The highest BCUT2D eigenvalue weighted by Crippen LogP contribution is 2.29. The minimum atomic E-state index is 0.129. The van der Waals surface area contributed by atoms with E-state index < -0.39 is 0 Å². The Morgan fingerprint density at radius 3 is 2.57 bits per heavy atom. The first-order chi connectivity index (χ1) is 6.69. The normalized spacial score (nSPS) is 12.9. The lowest BCUT2D eigenvalue weighted by Crippen LogP contribution is -2.04. The van der Waals surface area contributed by atoms with E-state index in [4.69, 9.17) is 23.2 Å². The molecule has 0 amide bonds. The lowest BCUT2D eigenvalue weighted by Gasteiger charge is -2.15. The molecule has 0 radical (unpaired) electrons. The predicted molar refractivity (Wildman–Crippen MR) is 61.2 cm³/mol. The third-order valence-corrected chi connectivity index (χ3v) is 2.82. The second-order valence-corrected chi connectivity index (χ2v) is 4.18. The molecule has 0 aliphatic heterocycles. The molecule has 1 rings (SSSR count). The summed E-state index contributed by atoms with van der Waals surface area (Å²) in [7, 11) is 0. The Hall–Kier alpha value is -0.240. The molecule has 1 N–H and O–H groups in total. The summed E-state index contributed by atoms with van der Waals surface area (Å²) in [6, 6.07) is 5.42. The van der Waals surface area contributed by atoms with Crippen molar-refractivity contribution in [3.63, 3.8) is 0 Å². The zero-order valence-corrected chi connectivity index (χ0v) is 9.65. The Bertz CT molecular complexity index is 299. The van der Waals surface area contributed by atoms with Gasteiger partial charge in [0.2, 0.25) is 0 Å². The molecule has 1 aromatic rings. The minimum absolute atomic E-state index is 0.129. The highest BCUT2D eigenvalue weighted by atomic mass is 35.5. The molecule has 3 heteroatoms. The van der Waals surface area contributed by atoms with E-state index in [-0.39, 0.29) is 12.5 Å². The molecule has 0 aliphatic carbocycles. The highest BCUT2D eigenvalue weighted by molar-refractivity contribution is 6.35. The molecular formula is C11H14Cl2O. The second-order valence-electron chi connectivity index (χ2n) is 3.33. The van der Waals surface area contributed by atoms with Gasteiger partial charge in [0.1, 0.15) is 0 Å². The first-order valence-electron chi connectivity index (χ1n) is 4.74. The summed E-state index contributed by atoms with van der Waals surface area (Å²) in [4.78, 5) is 0. The van der Waals surface area contributed by atoms with Crippen molar-refractivity contribution in [2.45, 2.75) is 25.7 Å². The van der Waals surface area contributed by atoms with Crippen molar-refractivity contribution in [2.75, 3.05) is 6.61 Å². The molecule has 0 spiro atoms. The molecule has 0 aromatic heterocycles. The molecule has 0 bridgehead atoms. The Labute approximate surface area is 94.7 Å². The fourth-order valence-electron chi connectivity index (χ4n) is 1.53. The van der Waals surface area contributed by atoms with Crippen LogP contribution < -0.4 is 0 Å². The summed E-state index contributed by atoms with van der Waals surface area (Å²) < 4.78 is 0. The van der Waals surface area contributed by atoms with Gasteiger partial charge < -0.3 is 5.11 Å². The zero-order valence-electron chi connectivity index (χ0n) is 8.13. The summed E-state index contributed by atoms with van der Waals surface area (Å²) >= 11 is 11.8. The van der Waals surface area contributed by atoms with E-state index in [1.807, 2.05) is 6.07 Å². The monoisotopic (exact) mass is 232 g/mol. The quantitative estimate of drug-likeness (QED) is 0.836. The first-order valence-corrected chi connectivity index (χ1v) is 5.50. The van der Waals surface area contributed by atoms with Crippen LogP contribution in [0.25, 0.3) is 0 Å². The van der Waals surface area contributed by atoms with Crippen LogP contribution in [0.15, 0.2) is 18.2 Å². The van der Waals surface area contributed by atoms with Gasteiger partial charge in [0.25, 0.3) is 0 Å². The van der Waals surface area contributed by atoms with Crippen LogP contribution in [0, 0.1) is 0 Å². The zero-order chi connectivity index (χ0) is 10.6. The SMILES string of the molecule is CCC[C@H](CO)c1ccc(Cl)cc1Cl. The molecule has 0 saturated carbocycles. The number of aliphatic hydroxyl groups excluding tert-OH is 1. The summed E-state index contributed by atoms with van der Waals surface area (Å²) in [5, 5.41) is 10.5. The van der Waals surface area contributed by atoms with Gasteiger partial charge in [-0.25, -0.2) is 0 Å². The minimum Gasteiger partial charge on any atom is -0.396 e. The topological polar surface area (TPSA) is 20.2 Å². The third-order valence-electron chi connectivity index (χ3n) is 2.26. The van der Waals surface area contributed by atoms with Gasteiger partial charge in [0.15, 0.2) is 0 Å². The third kappa shape index (κ3) is 2.88. The van der Waals surface area contributed by atoms with E-state index in [2.05, 4.69) is 6.92 Å². The molecule has 0 heterocycles. The van der Waals surface area contributed by atoms with Crippen LogP contribution in [0.2, 0.25) is 10.0 Å². The van der Waals surface area contributed by atoms with Gasteiger partial charge in [-0.2, -0.15) is 0 Å². The maximum atomic E-state index is 9.21. The number of rotatable bonds is 4. The van der Waals surface area contributed by atoms with E-state index in [0.29, 0.717) is 10.0 Å². The summed E-state index contributed by atoms with van der Waals surface area (Å²) in [6.07, 6.45) is 1.97. The Kier molecular flexibility index (Phi) is 4.73. The van der Waals surface area contributed by atoms with Crippen LogP contribution in [-0.2, 0) is 0 Å². The van der Waals surface area contributed by atoms with Gasteiger partial charge in [0.05, 0.1) is 0 Å². The van der Waals surface area contributed by atoms with Crippen molar-refractivity contribution in [1.29, 1.82) is 0 Å². The molecule has 78 valence electrons. The molecule has 1 nitrogen and oxygen atoms in total. The molecule has 1 aromatic carbocycles. The number of benzene rings is 1. The molecule has 1 atom stereocenters. The molecule has 0 unspecified atom stereocenters. The van der Waals surface area contributed by atoms with Gasteiger partial charge in [-0.3, -0.25) is 0 Å². The molecule has 0 fully saturated rings. The van der Waals surface area contributed by atoms with Gasteiger partial charge in [0, 0.05) is 22.6 Å². The fourth-order valence-corrected chi connectivity index (χ4v) is 2.09. The standard InChI is InChI=1S/C11H14Cl2O/c1-2-3-8(7-14)10-5-4-9(12)6-11(10)13/h4-6,8,14H,2-3,7H2,1H3/t8-/m1/s1. The van der Waals surface area contributed by atoms with E-state index in [1.54, 1.807) is 12.1 Å². The summed E-state index contributed by atoms with van der Waals surface area (Å²) in [5.41, 5.74) is 0.986. The number of aliphatic hydroxyl groups is 1. The lowest BCUT2D eigenvalue weighted by atomic mass is 9.95. The van der Waals surface area contributed by atoms with Crippen molar-refractivity contribution < 1.29 is 5.11 Å². The van der Waals surface area contributed by atoms with Crippen LogP contribution in [-0.4, -0.2) is 11.7 Å². The lowest BCUT2D eigenvalue weighted by molar-refractivity contribution is 0.258. The van der Waals surface area contributed by atoms with Gasteiger partial charge >= 0.3 is 0 Å².